The van der Waals surface area contributed by atoms with Crippen molar-refractivity contribution in [1.29, 1.82) is 0 Å². The summed E-state index contributed by atoms with van der Waals surface area (Å²) < 4.78 is 0. The van der Waals surface area contributed by atoms with E-state index < -0.39 is 0 Å². The molecule has 0 aliphatic rings. The first-order valence-corrected chi connectivity index (χ1v) is 7.26. The average molecular weight is 315 g/mol. The quantitative estimate of drug-likeness (QED) is 0.837. The van der Waals surface area contributed by atoms with Crippen LogP contribution >= 0.6 is 34.5 Å². The van der Waals surface area contributed by atoms with Crippen LogP contribution in [0.1, 0.15) is 28.9 Å². The van der Waals surface area contributed by atoms with Crippen molar-refractivity contribution in [2.45, 2.75) is 13.0 Å². The minimum atomic E-state index is -0.294. The smallest absolute Gasteiger partial charge is 0.253 e. The number of anilines is 1. The van der Waals surface area contributed by atoms with E-state index in [4.69, 9.17) is 28.9 Å². The average Bonchev–Trinajstić information content (AvgIpc) is 2.87. The topological polar surface area (TPSA) is 55.1 Å². The summed E-state index contributed by atoms with van der Waals surface area (Å²) in [6.45, 7) is 1.90. The van der Waals surface area contributed by atoms with Gasteiger partial charge in [-0.1, -0.05) is 23.2 Å². The molecule has 19 heavy (non-hydrogen) atoms. The number of amides is 1. The Hall–Kier alpha value is -1.23. The number of hydrogen-bond acceptors (Lipinski definition) is 3. The molecule has 1 aromatic carbocycles. The van der Waals surface area contributed by atoms with E-state index in [1.54, 1.807) is 11.3 Å². The highest BCUT2D eigenvalue weighted by Gasteiger charge is 2.17. The summed E-state index contributed by atoms with van der Waals surface area (Å²) in [7, 11) is 0. The second-order valence-corrected chi connectivity index (χ2v) is 5.68. The predicted molar refractivity (Wildman–Crippen MR) is 81.1 cm³/mol. The van der Waals surface area contributed by atoms with Gasteiger partial charge in [0.25, 0.3) is 5.91 Å². The van der Waals surface area contributed by atoms with Crippen LogP contribution in [-0.2, 0) is 0 Å². The first-order chi connectivity index (χ1) is 8.99. The van der Waals surface area contributed by atoms with Gasteiger partial charge in [-0.05, 0) is 41.4 Å². The van der Waals surface area contributed by atoms with Crippen molar-refractivity contribution in [1.82, 2.24) is 5.32 Å². The van der Waals surface area contributed by atoms with E-state index in [0.717, 1.165) is 5.56 Å². The molecule has 1 aromatic heterocycles. The van der Waals surface area contributed by atoms with Crippen LogP contribution in [0.3, 0.4) is 0 Å². The van der Waals surface area contributed by atoms with Crippen molar-refractivity contribution in [3.05, 3.63) is 50.1 Å². The van der Waals surface area contributed by atoms with Crippen LogP contribution in [0.5, 0.6) is 0 Å². The highest BCUT2D eigenvalue weighted by molar-refractivity contribution is 7.07. The first kappa shape index (κ1) is 14.2. The molecule has 0 fully saturated rings. The van der Waals surface area contributed by atoms with Crippen molar-refractivity contribution < 1.29 is 4.79 Å². The maximum Gasteiger partial charge on any atom is 0.253 e. The van der Waals surface area contributed by atoms with E-state index >= 15 is 0 Å². The summed E-state index contributed by atoms with van der Waals surface area (Å²) in [5.74, 6) is -0.294. The molecule has 0 bridgehead atoms. The van der Waals surface area contributed by atoms with Crippen LogP contribution in [-0.4, -0.2) is 5.91 Å². The maximum atomic E-state index is 12.2. The Labute approximate surface area is 125 Å². The van der Waals surface area contributed by atoms with Gasteiger partial charge in [0, 0.05) is 5.69 Å². The largest absolute Gasteiger partial charge is 0.399 e. The van der Waals surface area contributed by atoms with Gasteiger partial charge in [-0.25, -0.2) is 0 Å². The monoisotopic (exact) mass is 314 g/mol. The summed E-state index contributed by atoms with van der Waals surface area (Å²) in [6, 6.07) is 4.89. The molecule has 100 valence electrons. The zero-order valence-corrected chi connectivity index (χ0v) is 12.4. The Bertz CT molecular complexity index is 599. The molecule has 6 heteroatoms. The van der Waals surface area contributed by atoms with Crippen molar-refractivity contribution in [3.8, 4) is 0 Å². The number of nitrogens with one attached hydrogen (secondary N) is 1. The molecule has 1 heterocycles. The van der Waals surface area contributed by atoms with Crippen LogP contribution in [0, 0.1) is 0 Å². The molecule has 0 saturated heterocycles. The number of halogens is 2. The molecule has 1 atom stereocenters. The molecule has 3 nitrogen and oxygen atoms in total. The molecule has 2 aromatic rings. The van der Waals surface area contributed by atoms with E-state index in [9.17, 15) is 4.79 Å². The third-order valence-electron chi connectivity index (χ3n) is 2.69. The van der Waals surface area contributed by atoms with Gasteiger partial charge < -0.3 is 11.1 Å². The molecule has 0 aliphatic carbocycles. The van der Waals surface area contributed by atoms with E-state index in [-0.39, 0.29) is 27.6 Å². The number of thiophene rings is 1. The van der Waals surface area contributed by atoms with Gasteiger partial charge in [-0.15, -0.1) is 0 Å². The zero-order valence-electron chi connectivity index (χ0n) is 10.1. The van der Waals surface area contributed by atoms with Gasteiger partial charge in [-0.2, -0.15) is 11.3 Å². The highest BCUT2D eigenvalue weighted by Crippen LogP contribution is 2.29. The molecule has 1 amide bonds. The first-order valence-electron chi connectivity index (χ1n) is 5.56. The number of nitrogens with two attached hydrogens (primary N) is 1. The van der Waals surface area contributed by atoms with Gasteiger partial charge in [0.15, 0.2) is 0 Å². The van der Waals surface area contributed by atoms with E-state index in [2.05, 4.69) is 5.32 Å². The van der Waals surface area contributed by atoms with Crippen molar-refractivity contribution >= 4 is 46.1 Å². The third kappa shape index (κ3) is 3.21. The fourth-order valence-electron chi connectivity index (χ4n) is 1.65. The molecule has 2 rings (SSSR count). The van der Waals surface area contributed by atoms with Gasteiger partial charge >= 0.3 is 0 Å². The Morgan fingerprint density at radius 3 is 2.79 bits per heavy atom. The van der Waals surface area contributed by atoms with Crippen LogP contribution in [0.25, 0.3) is 0 Å². The maximum absolute atomic E-state index is 12.2. The lowest BCUT2D eigenvalue weighted by Gasteiger charge is -2.14. The fourth-order valence-corrected chi connectivity index (χ4v) is 2.83. The number of carbonyl (C=O) groups excluding carboxylic acids is 1. The van der Waals surface area contributed by atoms with Gasteiger partial charge in [0.05, 0.1) is 21.7 Å². The Morgan fingerprint density at radius 1 is 1.42 bits per heavy atom. The van der Waals surface area contributed by atoms with Crippen molar-refractivity contribution in [3.63, 3.8) is 0 Å². The van der Waals surface area contributed by atoms with Crippen LogP contribution < -0.4 is 11.1 Å². The molecule has 0 saturated carbocycles. The summed E-state index contributed by atoms with van der Waals surface area (Å²) >= 11 is 13.5. The highest BCUT2D eigenvalue weighted by atomic mass is 35.5. The van der Waals surface area contributed by atoms with Crippen molar-refractivity contribution in [2.24, 2.45) is 0 Å². The fraction of sp³-hybridized carbons (Fsp3) is 0.154. The molecule has 1 unspecified atom stereocenters. The van der Waals surface area contributed by atoms with Crippen LogP contribution in [0.15, 0.2) is 29.0 Å². The number of rotatable bonds is 3. The summed E-state index contributed by atoms with van der Waals surface area (Å²) in [5.41, 5.74) is 7.41. The SMILES string of the molecule is CC(NC(=O)c1cc(N)cc(Cl)c1Cl)c1ccsc1. The summed E-state index contributed by atoms with van der Waals surface area (Å²) in [4.78, 5) is 12.2. The lowest BCUT2D eigenvalue weighted by atomic mass is 10.1. The lowest BCUT2D eigenvalue weighted by Crippen LogP contribution is -2.26. The number of benzene rings is 1. The van der Waals surface area contributed by atoms with Gasteiger partial charge in [-0.3, -0.25) is 4.79 Å². The molecule has 3 N–H and O–H groups in total. The second kappa shape index (κ2) is 5.82. The van der Waals surface area contributed by atoms with Crippen LogP contribution in [0.2, 0.25) is 10.0 Å². The van der Waals surface area contributed by atoms with Gasteiger partial charge in [0.2, 0.25) is 0 Å². The number of carbonyl (C=O) groups is 1. The predicted octanol–water partition coefficient (Wildman–Crippen LogP) is 4.13. The zero-order chi connectivity index (χ0) is 14.0. The minimum absolute atomic E-state index is 0.102. The van der Waals surface area contributed by atoms with E-state index in [1.165, 1.54) is 12.1 Å². The Kier molecular flexibility index (Phi) is 4.34. The molecular weight excluding hydrogens is 303 g/mol. The minimum Gasteiger partial charge on any atom is -0.399 e. The molecule has 0 spiro atoms. The Balaban J connectivity index is 2.21. The summed E-state index contributed by atoms with van der Waals surface area (Å²) in [6.07, 6.45) is 0. The normalized spacial score (nSPS) is 12.2. The second-order valence-electron chi connectivity index (χ2n) is 4.12. The molecule has 0 aliphatic heterocycles. The van der Waals surface area contributed by atoms with E-state index in [1.807, 2.05) is 23.8 Å². The number of nitrogen functional groups attached to an aromatic ring is 1. The van der Waals surface area contributed by atoms with Gasteiger partial charge in [0.1, 0.15) is 0 Å². The van der Waals surface area contributed by atoms with Crippen molar-refractivity contribution in [2.75, 3.05) is 5.73 Å². The summed E-state index contributed by atoms with van der Waals surface area (Å²) in [5, 5.41) is 7.30. The lowest BCUT2D eigenvalue weighted by molar-refractivity contribution is 0.0940. The standard InChI is InChI=1S/C13H12Cl2N2OS/c1-7(8-2-3-19-6-8)17-13(18)10-4-9(16)5-11(14)12(10)15/h2-7H,16H2,1H3,(H,17,18). The molecule has 0 radical (unpaired) electrons. The third-order valence-corrected chi connectivity index (χ3v) is 4.19. The number of hydrogen-bond donors (Lipinski definition) is 2. The molecular formula is C13H12Cl2N2OS. The Morgan fingerprint density at radius 2 is 2.16 bits per heavy atom. The van der Waals surface area contributed by atoms with E-state index in [0.29, 0.717) is 5.69 Å². The van der Waals surface area contributed by atoms with Crippen LogP contribution in [0.4, 0.5) is 5.69 Å².